The smallest absolute Gasteiger partial charge is 0.132 e. The molecule has 0 unspecified atom stereocenters. The molecule has 2 heterocycles. The zero-order chi connectivity index (χ0) is 10.3. The van der Waals surface area contributed by atoms with Crippen LogP contribution in [0.5, 0.6) is 0 Å². The summed E-state index contributed by atoms with van der Waals surface area (Å²) >= 11 is 1.64. The zero-order valence-corrected chi connectivity index (χ0v) is 8.64. The lowest BCUT2D eigenvalue weighted by atomic mass is 10.1. The first-order valence-corrected chi connectivity index (χ1v) is 5.59. The van der Waals surface area contributed by atoms with Crippen LogP contribution >= 0.6 is 11.3 Å². The molecule has 0 aliphatic heterocycles. The second-order valence-corrected chi connectivity index (χ2v) is 4.15. The van der Waals surface area contributed by atoms with Gasteiger partial charge >= 0.3 is 0 Å². The summed E-state index contributed by atoms with van der Waals surface area (Å²) in [6, 6.07) is 7.14. The Bertz CT molecular complexity index is 595. The Balaban J connectivity index is 2.37. The molecule has 0 amide bonds. The van der Waals surface area contributed by atoms with Crippen LogP contribution in [-0.4, -0.2) is 4.98 Å². The summed E-state index contributed by atoms with van der Waals surface area (Å²) in [5, 5.41) is 4.74. The molecule has 0 spiro atoms. The number of hydrogen-bond donors (Lipinski definition) is 1. The monoisotopic (exact) mass is 217 g/mol. The van der Waals surface area contributed by atoms with Crippen molar-refractivity contribution in [3.05, 3.63) is 47.0 Å². The fourth-order valence-electron chi connectivity index (χ4n) is 1.78. The van der Waals surface area contributed by atoms with Crippen molar-refractivity contribution in [2.75, 3.05) is 0 Å². The number of aromatic nitrogens is 1. The molecule has 0 aliphatic carbocycles. The van der Waals surface area contributed by atoms with E-state index in [4.69, 9.17) is 0 Å². The lowest BCUT2D eigenvalue weighted by molar-refractivity contribution is 0.640. The van der Waals surface area contributed by atoms with E-state index in [0.29, 0.717) is 5.39 Å². The highest BCUT2D eigenvalue weighted by Crippen LogP contribution is 2.30. The second kappa shape index (κ2) is 3.21. The van der Waals surface area contributed by atoms with Crippen LogP contribution in [0.4, 0.5) is 4.39 Å². The molecule has 0 radical (unpaired) electrons. The Kier molecular flexibility index (Phi) is 1.86. The van der Waals surface area contributed by atoms with Crippen molar-refractivity contribution in [1.29, 1.82) is 0 Å². The highest BCUT2D eigenvalue weighted by Gasteiger charge is 2.08. The van der Waals surface area contributed by atoms with Gasteiger partial charge in [-0.25, -0.2) is 4.39 Å². The van der Waals surface area contributed by atoms with Crippen molar-refractivity contribution in [1.82, 2.24) is 4.98 Å². The number of benzene rings is 1. The van der Waals surface area contributed by atoms with Crippen LogP contribution in [0.25, 0.3) is 22.0 Å². The van der Waals surface area contributed by atoms with Crippen LogP contribution in [-0.2, 0) is 0 Å². The molecular formula is C12H8FNS. The van der Waals surface area contributed by atoms with Crippen molar-refractivity contribution >= 4 is 22.2 Å². The first-order valence-electron chi connectivity index (χ1n) is 4.64. The van der Waals surface area contributed by atoms with Gasteiger partial charge in [0, 0.05) is 17.1 Å². The van der Waals surface area contributed by atoms with Gasteiger partial charge in [0.25, 0.3) is 0 Å². The molecule has 2 aromatic heterocycles. The van der Waals surface area contributed by atoms with Gasteiger partial charge in [0.05, 0.1) is 5.52 Å². The van der Waals surface area contributed by atoms with Gasteiger partial charge in [-0.1, -0.05) is 0 Å². The third-order valence-electron chi connectivity index (χ3n) is 2.50. The highest BCUT2D eigenvalue weighted by atomic mass is 32.1. The van der Waals surface area contributed by atoms with E-state index < -0.39 is 0 Å². The average molecular weight is 217 g/mol. The summed E-state index contributed by atoms with van der Waals surface area (Å²) < 4.78 is 13.4. The third-order valence-corrected chi connectivity index (χ3v) is 3.19. The molecule has 0 bridgehead atoms. The number of nitrogens with one attached hydrogen (secondary N) is 1. The quantitative estimate of drug-likeness (QED) is 0.633. The number of halogens is 1. The molecule has 0 saturated carbocycles. The fourth-order valence-corrected chi connectivity index (χ4v) is 2.44. The maximum Gasteiger partial charge on any atom is 0.132 e. The summed E-state index contributed by atoms with van der Waals surface area (Å²) in [6.07, 6.45) is 1.77. The minimum atomic E-state index is -0.176. The van der Waals surface area contributed by atoms with E-state index in [2.05, 4.69) is 10.4 Å². The van der Waals surface area contributed by atoms with E-state index in [-0.39, 0.29) is 5.82 Å². The van der Waals surface area contributed by atoms with E-state index >= 15 is 0 Å². The summed E-state index contributed by atoms with van der Waals surface area (Å²) in [7, 11) is 0. The van der Waals surface area contributed by atoms with E-state index in [1.54, 1.807) is 23.6 Å². The zero-order valence-electron chi connectivity index (χ0n) is 7.83. The van der Waals surface area contributed by atoms with Crippen LogP contribution in [0.15, 0.2) is 41.2 Å². The molecule has 1 aromatic carbocycles. The summed E-state index contributed by atoms with van der Waals surface area (Å²) in [5.74, 6) is -0.176. The normalized spacial score (nSPS) is 11.0. The molecule has 0 fully saturated rings. The molecule has 3 heteroatoms. The molecule has 0 aliphatic rings. The van der Waals surface area contributed by atoms with Crippen LogP contribution in [0.1, 0.15) is 0 Å². The van der Waals surface area contributed by atoms with Gasteiger partial charge in [-0.3, -0.25) is 0 Å². The fraction of sp³-hybridized carbons (Fsp3) is 0. The van der Waals surface area contributed by atoms with Crippen LogP contribution in [0.3, 0.4) is 0 Å². The van der Waals surface area contributed by atoms with Gasteiger partial charge in [-0.05, 0) is 40.6 Å². The van der Waals surface area contributed by atoms with Crippen molar-refractivity contribution in [2.45, 2.75) is 0 Å². The Labute approximate surface area is 90.2 Å². The molecule has 3 aromatic rings. The number of hydrogen-bond acceptors (Lipinski definition) is 1. The standard InChI is InChI=1S/C12H8FNS/c13-11-2-1-9(8-4-6-15-7-8)12-10(11)3-5-14-12/h1-7,14H. The van der Waals surface area contributed by atoms with E-state index in [1.807, 2.05) is 17.5 Å². The number of thiophene rings is 1. The maximum atomic E-state index is 13.4. The molecule has 74 valence electrons. The van der Waals surface area contributed by atoms with Crippen LogP contribution < -0.4 is 0 Å². The Hall–Kier alpha value is -1.61. The van der Waals surface area contributed by atoms with Crippen LogP contribution in [0.2, 0.25) is 0 Å². The summed E-state index contributed by atoms with van der Waals surface area (Å²) in [4.78, 5) is 3.08. The number of aromatic amines is 1. The Morgan fingerprint density at radius 2 is 2.07 bits per heavy atom. The minimum absolute atomic E-state index is 0.176. The Morgan fingerprint density at radius 1 is 1.13 bits per heavy atom. The highest BCUT2D eigenvalue weighted by molar-refractivity contribution is 7.08. The Morgan fingerprint density at radius 3 is 2.87 bits per heavy atom. The molecule has 3 rings (SSSR count). The SMILES string of the molecule is Fc1ccc(-c2ccsc2)c2[nH]ccc12. The van der Waals surface area contributed by atoms with E-state index in [1.165, 1.54) is 6.07 Å². The van der Waals surface area contributed by atoms with Gasteiger partial charge in [0.15, 0.2) is 0 Å². The molecule has 15 heavy (non-hydrogen) atoms. The minimum Gasteiger partial charge on any atom is -0.361 e. The van der Waals surface area contributed by atoms with Crippen LogP contribution in [0, 0.1) is 5.82 Å². The molecule has 0 atom stereocenters. The third kappa shape index (κ3) is 1.27. The summed E-state index contributed by atoms with van der Waals surface area (Å²) in [6.45, 7) is 0. The average Bonchev–Trinajstić information content (AvgIpc) is 2.88. The first-order chi connectivity index (χ1) is 7.36. The van der Waals surface area contributed by atoms with Gasteiger partial charge in [-0.2, -0.15) is 11.3 Å². The van der Waals surface area contributed by atoms with Crippen molar-refractivity contribution in [2.24, 2.45) is 0 Å². The van der Waals surface area contributed by atoms with Crippen molar-refractivity contribution in [3.63, 3.8) is 0 Å². The predicted molar refractivity (Wildman–Crippen MR) is 61.6 cm³/mol. The van der Waals surface area contributed by atoms with Gasteiger partial charge in [0.2, 0.25) is 0 Å². The van der Waals surface area contributed by atoms with Gasteiger partial charge in [0.1, 0.15) is 5.82 Å². The molecular weight excluding hydrogens is 209 g/mol. The van der Waals surface area contributed by atoms with Crippen molar-refractivity contribution in [3.8, 4) is 11.1 Å². The number of H-pyrrole nitrogens is 1. The second-order valence-electron chi connectivity index (χ2n) is 3.37. The largest absolute Gasteiger partial charge is 0.361 e. The topological polar surface area (TPSA) is 15.8 Å². The van der Waals surface area contributed by atoms with Gasteiger partial charge in [-0.15, -0.1) is 0 Å². The van der Waals surface area contributed by atoms with Gasteiger partial charge < -0.3 is 4.98 Å². The maximum absolute atomic E-state index is 13.4. The molecule has 1 N–H and O–H groups in total. The molecule has 0 saturated heterocycles. The number of rotatable bonds is 1. The summed E-state index contributed by atoms with van der Waals surface area (Å²) in [5.41, 5.74) is 3.05. The van der Waals surface area contributed by atoms with E-state index in [0.717, 1.165) is 16.6 Å². The number of fused-ring (bicyclic) bond motifs is 1. The van der Waals surface area contributed by atoms with E-state index in [9.17, 15) is 4.39 Å². The van der Waals surface area contributed by atoms with Crippen molar-refractivity contribution < 1.29 is 4.39 Å². The first kappa shape index (κ1) is 8.68. The molecule has 1 nitrogen and oxygen atoms in total. The lowest BCUT2D eigenvalue weighted by Gasteiger charge is -2.01. The lowest BCUT2D eigenvalue weighted by Crippen LogP contribution is -1.81. The predicted octanol–water partition coefficient (Wildman–Crippen LogP) is 4.04.